The Bertz CT molecular complexity index is 6960. The zero-order valence-corrected chi connectivity index (χ0v) is 79.9. The molecule has 2 aliphatic rings. The Hall–Kier alpha value is -16.4. The normalized spacial score (nSPS) is 12.3. The van der Waals surface area contributed by atoms with Gasteiger partial charge < -0.3 is 95.7 Å². The van der Waals surface area contributed by atoms with Gasteiger partial charge in [-0.2, -0.15) is 5.26 Å². The average Bonchev–Trinajstić information content (AvgIpc) is 2.20. The fourth-order valence-electron chi connectivity index (χ4n) is 16.4. The molecule has 2 aliphatic heterocycles. The van der Waals surface area contributed by atoms with E-state index in [2.05, 4.69) is 180 Å². The van der Waals surface area contributed by atoms with E-state index in [1.807, 2.05) is 231 Å². The van der Waals surface area contributed by atoms with Crippen LogP contribution in [-0.2, 0) is 79.8 Å². The van der Waals surface area contributed by atoms with Gasteiger partial charge in [0, 0.05) is 169 Å². The maximum absolute atomic E-state index is 11.0. The van der Waals surface area contributed by atoms with Crippen molar-refractivity contribution in [1.82, 2.24) is 45.8 Å². The van der Waals surface area contributed by atoms with Gasteiger partial charge >= 0.3 is 0 Å². The summed E-state index contributed by atoms with van der Waals surface area (Å²) >= 11 is 0. The monoisotopic (exact) mass is 1870 g/mol. The Morgan fingerprint density at radius 2 is 0.693 bits per heavy atom. The number of rotatable bonds is 32. The van der Waals surface area contributed by atoms with Gasteiger partial charge in [0.2, 0.25) is 17.7 Å². The Morgan fingerprint density at radius 3 is 1.07 bits per heavy atom. The lowest BCUT2D eigenvalue weighted by Gasteiger charge is -2.12. The molecule has 13 N–H and O–H groups in total. The summed E-state index contributed by atoms with van der Waals surface area (Å²) in [6.07, 6.45) is 13.8. The van der Waals surface area contributed by atoms with Crippen LogP contribution in [0.4, 0.5) is 11.4 Å². The van der Waals surface area contributed by atoms with Crippen LogP contribution in [0.2, 0.25) is 0 Å². The molecule has 2 atom stereocenters. The number of nitriles is 1. The summed E-state index contributed by atoms with van der Waals surface area (Å²) in [5.41, 5.74) is 27.5. The molecule has 0 aliphatic carbocycles. The lowest BCUT2D eigenvalue weighted by atomic mass is 9.97. The first-order valence-electron chi connectivity index (χ1n) is 47.4. The van der Waals surface area contributed by atoms with E-state index in [1.165, 1.54) is 74.6 Å². The molecule has 0 fully saturated rings. The lowest BCUT2D eigenvalue weighted by molar-refractivity contribution is -0.119. The van der Waals surface area contributed by atoms with Gasteiger partial charge in [0.25, 0.3) is 0 Å². The van der Waals surface area contributed by atoms with Gasteiger partial charge in [0.1, 0.15) is 79.9 Å². The van der Waals surface area contributed by atoms with Crippen molar-refractivity contribution in [3.8, 4) is 46.3 Å². The van der Waals surface area contributed by atoms with E-state index in [0.29, 0.717) is 89.8 Å². The summed E-state index contributed by atoms with van der Waals surface area (Å²) in [5.74, 6) is 6.36. The van der Waals surface area contributed by atoms with E-state index in [4.69, 9.17) is 39.4 Å². The predicted octanol–water partition coefficient (Wildman–Crippen LogP) is 22.8. The highest BCUT2D eigenvalue weighted by Gasteiger charge is 2.25. The van der Waals surface area contributed by atoms with Crippen molar-refractivity contribution in [3.63, 3.8) is 0 Å². The molecular formula is C117H123N13O10. The van der Waals surface area contributed by atoms with Crippen LogP contribution >= 0.6 is 0 Å². The molecule has 0 radical (unpaired) electrons. The summed E-state index contributed by atoms with van der Waals surface area (Å²) in [7, 11) is 4.16. The molecule has 3 amide bonds. The van der Waals surface area contributed by atoms with Gasteiger partial charge in [-0.25, -0.2) is 0 Å². The van der Waals surface area contributed by atoms with Crippen LogP contribution in [-0.4, -0.2) is 106 Å². The third-order valence-corrected chi connectivity index (χ3v) is 23.7. The van der Waals surface area contributed by atoms with E-state index in [9.17, 15) is 19.5 Å². The van der Waals surface area contributed by atoms with Gasteiger partial charge in [0.05, 0.1) is 12.5 Å². The second kappa shape index (κ2) is 52.0. The molecule has 5 aromatic heterocycles. The van der Waals surface area contributed by atoms with Crippen LogP contribution in [0.15, 0.2) is 346 Å². The number of benzene rings is 13. The van der Waals surface area contributed by atoms with Crippen molar-refractivity contribution in [2.75, 3.05) is 64.0 Å². The minimum atomic E-state index is -0.00303. The number of hydrogen-bond acceptors (Lipinski definition) is 15. The second-order valence-electron chi connectivity index (χ2n) is 34.5. The number of aromatic amines is 5. The minimum absolute atomic E-state index is 0.00193. The number of nitrogens with two attached hydrogens (primary N) is 1. The number of aromatic hydroxyl groups is 1. The first kappa shape index (κ1) is 99.5. The van der Waals surface area contributed by atoms with Gasteiger partial charge in [-0.05, 0) is 247 Å². The quantitative estimate of drug-likeness (QED) is 0.0174. The number of hydrogen-bond donors (Lipinski definition) is 12. The third-order valence-electron chi connectivity index (χ3n) is 23.7. The highest BCUT2D eigenvalue weighted by molar-refractivity contribution is 5.88. The van der Waals surface area contributed by atoms with Crippen molar-refractivity contribution in [1.29, 1.82) is 5.26 Å². The standard InChI is InChI=1S/C19H22N2O2.C19H20N2O2.C18H20N2O.C17H18N2O.C17H14N2O.C15H13NO.C12H16N2O2/c2*1-14(22)20-10-9-16-12-21-19-8-7-17(11-18(16)19)23-13-15-5-3-2-4-6-15;1-20(2)12-15-11-19-18-9-8-16(10-17(15)18)21-13-14-6-4-3-5-7-14;2*18-9-8-14-11-19-17-7-6-15(10-16(14)17)20-12-13-4-2-1-3-5-13;1-2-4-12(5-3-1)11-17-14-6-7-15-13(10-14)8-9-16-15;1-8(15)13-5-4-9-7-14-12-3-2-10(16)6-11(9)12/h2-8,11,16,21H,9-10,12-13H2,1H3,(H,20,22);2-8,11-12,21H,9-10,13H2,1H3,(H,20,22);3-11,19H,12-13H2,1-2H3;1-7,10-11,19H,8-9,12,18H2;1-7,10-11,19H,8,12H2;1-10,16H,11H2;2-3,6,9,14,16H,4-5,7H2,1H3,(H,13,15). The maximum atomic E-state index is 11.0. The molecule has 140 heavy (non-hydrogen) atoms. The van der Waals surface area contributed by atoms with Crippen LogP contribution in [0, 0.1) is 11.3 Å². The molecule has 18 aromatic rings. The Balaban J connectivity index is 0.000000130. The Morgan fingerprint density at radius 1 is 0.371 bits per heavy atom. The summed E-state index contributed by atoms with van der Waals surface area (Å²) in [6, 6.07) is 107. The number of fused-ring (bicyclic) bond motifs is 7. The summed E-state index contributed by atoms with van der Waals surface area (Å²) in [6.45, 7) is 13.4. The molecule has 23 heteroatoms. The van der Waals surface area contributed by atoms with Crippen LogP contribution in [0.25, 0.3) is 54.5 Å². The Labute approximate surface area is 817 Å². The number of aromatic nitrogens is 5. The van der Waals surface area contributed by atoms with E-state index < -0.39 is 0 Å². The van der Waals surface area contributed by atoms with Gasteiger partial charge in [-0.15, -0.1) is 0 Å². The number of amides is 3. The van der Waals surface area contributed by atoms with Crippen LogP contribution < -0.4 is 60.7 Å². The van der Waals surface area contributed by atoms with E-state index in [-0.39, 0.29) is 17.7 Å². The smallest absolute Gasteiger partial charge is 0.216 e. The largest absolute Gasteiger partial charge is 0.508 e. The molecule has 13 aromatic carbocycles. The van der Waals surface area contributed by atoms with Crippen molar-refractivity contribution < 1.29 is 47.9 Å². The van der Waals surface area contributed by atoms with Gasteiger partial charge in [0.15, 0.2) is 0 Å². The van der Waals surface area contributed by atoms with Crippen molar-refractivity contribution >= 4 is 83.6 Å². The molecule has 7 heterocycles. The number of phenols is 1. The molecule has 0 spiro atoms. The van der Waals surface area contributed by atoms with Crippen molar-refractivity contribution in [2.24, 2.45) is 5.73 Å². The first-order valence-corrected chi connectivity index (χ1v) is 47.4. The van der Waals surface area contributed by atoms with E-state index >= 15 is 0 Å². The Kier molecular flexibility index (Phi) is 37.0. The lowest BCUT2D eigenvalue weighted by Crippen LogP contribution is -2.22. The fraction of sp³-hybridized carbons (Fsp3) is 0.214. The van der Waals surface area contributed by atoms with Crippen LogP contribution in [0.1, 0.15) is 112 Å². The topological polar surface area (TPSA) is 319 Å². The molecule has 0 saturated carbocycles. The van der Waals surface area contributed by atoms with Gasteiger partial charge in [-0.1, -0.05) is 182 Å². The number of anilines is 2. The number of nitrogens with one attached hydrogen (secondary N) is 10. The van der Waals surface area contributed by atoms with E-state index in [1.54, 1.807) is 19.1 Å². The number of carbonyl (C=O) groups is 3. The second-order valence-corrected chi connectivity index (χ2v) is 34.5. The molecule has 0 saturated heterocycles. The van der Waals surface area contributed by atoms with Crippen LogP contribution in [0.3, 0.4) is 0 Å². The van der Waals surface area contributed by atoms with E-state index in [0.717, 1.165) is 152 Å². The van der Waals surface area contributed by atoms with Crippen molar-refractivity contribution in [2.45, 2.75) is 111 Å². The summed E-state index contributed by atoms with van der Waals surface area (Å²) < 4.78 is 35.1. The molecule has 2 unspecified atom stereocenters. The number of carbonyl (C=O) groups excluding carboxylic acids is 3. The zero-order valence-electron chi connectivity index (χ0n) is 79.9. The highest BCUT2D eigenvalue weighted by atomic mass is 16.5. The zero-order chi connectivity index (χ0) is 97.4. The van der Waals surface area contributed by atoms with Crippen LogP contribution in [0.5, 0.6) is 40.2 Å². The minimum Gasteiger partial charge on any atom is -0.508 e. The molecule has 0 bridgehead atoms. The molecule has 23 nitrogen and oxygen atoms in total. The average molecular weight is 1870 g/mol. The van der Waals surface area contributed by atoms with Gasteiger partial charge in [-0.3, -0.25) is 14.4 Å². The SMILES string of the molecule is CC(=O)NCCC1CNc2ccc(O)cc21.CC(=O)NCCC1CNc2ccc(OCc3ccccc3)cc21.CC(=O)NCCc1c[nH]c2ccc(OCc3ccccc3)cc12.CN(C)Cc1c[nH]c2ccc(OCc3ccccc3)cc12.N#CCc1c[nH]c2ccc(OCc3ccccc3)cc12.NCCc1c[nH]c2ccc(OCc3ccccc3)cc12.c1ccc(COc2ccc3[nH]ccc3c2)cc1. The summed E-state index contributed by atoms with van der Waals surface area (Å²) in [4.78, 5) is 51.0. The number of phenolic OH excluding ortho intramolecular Hbond substituents is 1. The predicted molar refractivity (Wildman–Crippen MR) is 562 cm³/mol. The third kappa shape index (κ3) is 30.5. The van der Waals surface area contributed by atoms with Crippen molar-refractivity contribution in [3.05, 3.63) is 413 Å². The highest BCUT2D eigenvalue weighted by Crippen LogP contribution is 2.39. The first-order chi connectivity index (χ1) is 68.5. The summed E-state index contributed by atoms with van der Waals surface area (Å²) in [5, 5.41) is 39.2. The molecule has 20 rings (SSSR count). The molecular weight excluding hydrogens is 1750 g/mol. The fourth-order valence-corrected chi connectivity index (χ4v) is 16.4. The maximum Gasteiger partial charge on any atom is 0.216 e. The molecule has 716 valence electrons. The number of H-pyrrole nitrogens is 5. The number of nitrogens with zero attached hydrogens (tertiary/aromatic N) is 2. The number of ether oxygens (including phenoxy) is 6.